The largest absolute Gasteiger partial charge is 0.387 e. The smallest absolute Gasteiger partial charge is 0.243 e. The highest BCUT2D eigenvalue weighted by Crippen LogP contribution is 2.09. The summed E-state index contributed by atoms with van der Waals surface area (Å²) in [7, 11) is 1.64. The van der Waals surface area contributed by atoms with Gasteiger partial charge in [0.2, 0.25) is 10.0 Å². The molecular formula is C10H20N4O3S. The van der Waals surface area contributed by atoms with Gasteiger partial charge < -0.3 is 10.0 Å². The minimum Gasteiger partial charge on any atom is -0.387 e. The molecule has 0 aliphatic heterocycles. The molecule has 0 saturated carbocycles. The van der Waals surface area contributed by atoms with E-state index in [1.165, 1.54) is 17.1 Å². The number of nitrogens with zero attached hydrogens (tertiary/aromatic N) is 3. The van der Waals surface area contributed by atoms with Crippen molar-refractivity contribution in [2.45, 2.75) is 17.4 Å². The Morgan fingerprint density at radius 3 is 2.61 bits per heavy atom. The van der Waals surface area contributed by atoms with E-state index < -0.39 is 15.6 Å². The highest BCUT2D eigenvalue weighted by atomic mass is 32.2. The van der Waals surface area contributed by atoms with E-state index in [0.29, 0.717) is 6.54 Å². The first-order valence-corrected chi connectivity index (χ1v) is 6.96. The molecule has 0 amide bonds. The Hall–Kier alpha value is -0.960. The molecule has 0 radical (unpaired) electrons. The number of hydrogen-bond donors (Lipinski definition) is 2. The van der Waals surface area contributed by atoms with Crippen molar-refractivity contribution in [1.29, 1.82) is 0 Å². The summed E-state index contributed by atoms with van der Waals surface area (Å²) in [5.41, 5.74) is -1.13. The summed E-state index contributed by atoms with van der Waals surface area (Å²) in [5, 5.41) is 13.8. The number of aromatic nitrogens is 2. The third-order valence-corrected chi connectivity index (χ3v) is 3.65. The van der Waals surface area contributed by atoms with E-state index in [4.69, 9.17) is 0 Å². The van der Waals surface area contributed by atoms with Crippen molar-refractivity contribution in [3.05, 3.63) is 12.4 Å². The zero-order chi connectivity index (χ0) is 14.0. The standard InChI is InChI=1S/C10H20N4O3S/c1-10(15,8-13(2)3)7-12-18(16,17)9-5-11-14(4)6-9/h5-6,12,15H,7-8H2,1-4H3. The van der Waals surface area contributed by atoms with Crippen LogP contribution in [-0.2, 0) is 17.1 Å². The molecule has 0 aliphatic rings. The van der Waals surface area contributed by atoms with Gasteiger partial charge in [0.25, 0.3) is 0 Å². The molecule has 0 bridgehead atoms. The number of hydrogen-bond acceptors (Lipinski definition) is 5. The minimum absolute atomic E-state index is 0.0532. The van der Waals surface area contributed by atoms with Crippen LogP contribution >= 0.6 is 0 Å². The normalized spacial score (nSPS) is 15.9. The Morgan fingerprint density at radius 1 is 1.56 bits per heavy atom. The molecule has 1 rings (SSSR count). The summed E-state index contributed by atoms with van der Waals surface area (Å²) >= 11 is 0. The second kappa shape index (κ2) is 5.35. The maximum atomic E-state index is 11.9. The molecule has 1 atom stereocenters. The molecule has 8 heteroatoms. The monoisotopic (exact) mass is 276 g/mol. The molecule has 7 nitrogen and oxygen atoms in total. The molecule has 0 fully saturated rings. The van der Waals surface area contributed by atoms with Crippen molar-refractivity contribution < 1.29 is 13.5 Å². The summed E-state index contributed by atoms with van der Waals surface area (Å²) in [6.45, 7) is 1.89. The fourth-order valence-electron chi connectivity index (χ4n) is 1.61. The Bertz CT molecular complexity index is 493. The second-order valence-corrected chi connectivity index (χ2v) is 6.68. The van der Waals surface area contributed by atoms with Gasteiger partial charge in [-0.15, -0.1) is 0 Å². The van der Waals surface area contributed by atoms with Gasteiger partial charge in [0.15, 0.2) is 0 Å². The maximum absolute atomic E-state index is 11.9. The zero-order valence-corrected chi connectivity index (χ0v) is 11.9. The van der Waals surface area contributed by atoms with Crippen molar-refractivity contribution in [3.63, 3.8) is 0 Å². The second-order valence-electron chi connectivity index (χ2n) is 4.91. The fraction of sp³-hybridized carbons (Fsp3) is 0.700. The van der Waals surface area contributed by atoms with E-state index >= 15 is 0 Å². The molecule has 1 heterocycles. The molecule has 0 spiro atoms. The first kappa shape index (κ1) is 15.1. The average Bonchev–Trinajstić information content (AvgIpc) is 2.61. The Kier molecular flexibility index (Phi) is 4.49. The molecular weight excluding hydrogens is 256 g/mol. The number of sulfonamides is 1. The summed E-state index contributed by atoms with van der Waals surface area (Å²) in [6.07, 6.45) is 2.67. The van der Waals surface area contributed by atoms with Gasteiger partial charge in [-0.05, 0) is 21.0 Å². The zero-order valence-electron chi connectivity index (χ0n) is 11.1. The van der Waals surface area contributed by atoms with Crippen LogP contribution in [0.4, 0.5) is 0 Å². The average molecular weight is 276 g/mol. The van der Waals surface area contributed by atoms with Crippen molar-refractivity contribution in [1.82, 2.24) is 19.4 Å². The Labute approximate surface area is 107 Å². The summed E-state index contributed by atoms with van der Waals surface area (Å²) in [4.78, 5) is 1.88. The van der Waals surface area contributed by atoms with Crippen molar-refractivity contribution in [2.24, 2.45) is 7.05 Å². The van der Waals surface area contributed by atoms with Gasteiger partial charge in [0.05, 0.1) is 11.8 Å². The van der Waals surface area contributed by atoms with Crippen LogP contribution in [0.3, 0.4) is 0 Å². The fourth-order valence-corrected chi connectivity index (χ4v) is 2.75. The van der Waals surface area contributed by atoms with Gasteiger partial charge in [0, 0.05) is 26.3 Å². The van der Waals surface area contributed by atoms with Crippen LogP contribution in [0.2, 0.25) is 0 Å². The summed E-state index contributed by atoms with van der Waals surface area (Å²) < 4.78 is 27.6. The quantitative estimate of drug-likeness (QED) is 0.697. The van der Waals surface area contributed by atoms with Crippen LogP contribution in [0.15, 0.2) is 17.3 Å². The SMILES string of the molecule is CN(C)CC(C)(O)CNS(=O)(=O)c1cnn(C)c1. The number of rotatable bonds is 6. The van der Waals surface area contributed by atoms with Crippen LogP contribution < -0.4 is 4.72 Å². The molecule has 2 N–H and O–H groups in total. The predicted octanol–water partition coefficient (Wildman–Crippen LogP) is -0.989. The molecule has 0 aliphatic carbocycles. The van der Waals surface area contributed by atoms with Gasteiger partial charge in [-0.2, -0.15) is 5.10 Å². The summed E-state index contributed by atoms with van der Waals surface area (Å²) in [5.74, 6) is 0. The minimum atomic E-state index is -3.62. The molecule has 0 saturated heterocycles. The van der Waals surface area contributed by atoms with Crippen LogP contribution in [0.25, 0.3) is 0 Å². The maximum Gasteiger partial charge on any atom is 0.243 e. The van der Waals surface area contributed by atoms with Crippen molar-refractivity contribution >= 4 is 10.0 Å². The van der Waals surface area contributed by atoms with E-state index in [2.05, 4.69) is 9.82 Å². The predicted molar refractivity (Wildman–Crippen MR) is 67.6 cm³/mol. The number of aryl methyl sites for hydroxylation is 1. The molecule has 1 aromatic heterocycles. The van der Waals surface area contributed by atoms with Crippen molar-refractivity contribution in [2.75, 3.05) is 27.2 Å². The van der Waals surface area contributed by atoms with Gasteiger partial charge in [-0.25, -0.2) is 13.1 Å². The molecule has 1 unspecified atom stereocenters. The highest BCUT2D eigenvalue weighted by molar-refractivity contribution is 7.89. The highest BCUT2D eigenvalue weighted by Gasteiger charge is 2.25. The van der Waals surface area contributed by atoms with Crippen LogP contribution in [0.5, 0.6) is 0 Å². The van der Waals surface area contributed by atoms with Crippen LogP contribution in [0, 0.1) is 0 Å². The van der Waals surface area contributed by atoms with Crippen LogP contribution in [0.1, 0.15) is 6.92 Å². The molecule has 0 aromatic carbocycles. The van der Waals surface area contributed by atoms with Crippen molar-refractivity contribution in [3.8, 4) is 0 Å². The Balaban J connectivity index is 2.68. The van der Waals surface area contributed by atoms with Gasteiger partial charge in [-0.1, -0.05) is 0 Å². The number of nitrogens with one attached hydrogen (secondary N) is 1. The third-order valence-electron chi connectivity index (χ3n) is 2.29. The molecule has 1 aromatic rings. The van der Waals surface area contributed by atoms with E-state index in [9.17, 15) is 13.5 Å². The van der Waals surface area contributed by atoms with E-state index in [-0.39, 0.29) is 11.4 Å². The van der Waals surface area contributed by atoms with E-state index in [1.807, 2.05) is 14.1 Å². The lowest BCUT2D eigenvalue weighted by atomic mass is 10.1. The lowest BCUT2D eigenvalue weighted by molar-refractivity contribution is 0.0386. The van der Waals surface area contributed by atoms with E-state index in [0.717, 1.165) is 0 Å². The lowest BCUT2D eigenvalue weighted by Gasteiger charge is -2.26. The molecule has 18 heavy (non-hydrogen) atoms. The van der Waals surface area contributed by atoms with Crippen LogP contribution in [-0.4, -0.2) is 61.0 Å². The van der Waals surface area contributed by atoms with Gasteiger partial charge in [0.1, 0.15) is 4.90 Å². The third kappa shape index (κ3) is 4.37. The molecule has 104 valence electrons. The van der Waals surface area contributed by atoms with E-state index in [1.54, 1.807) is 18.9 Å². The Morgan fingerprint density at radius 2 is 2.17 bits per heavy atom. The number of aliphatic hydroxyl groups is 1. The topological polar surface area (TPSA) is 87.5 Å². The first-order chi connectivity index (χ1) is 8.12. The van der Waals surface area contributed by atoms with Gasteiger partial charge >= 0.3 is 0 Å². The van der Waals surface area contributed by atoms with Gasteiger partial charge in [-0.3, -0.25) is 4.68 Å². The lowest BCUT2D eigenvalue weighted by Crippen LogP contribution is -2.47. The number of likely N-dealkylation sites (N-methyl/N-ethyl adjacent to an activating group) is 1. The first-order valence-electron chi connectivity index (χ1n) is 5.48. The summed E-state index contributed by atoms with van der Waals surface area (Å²) in [6, 6.07) is 0.